The Morgan fingerprint density at radius 3 is 3.16 bits per heavy atom. The van der Waals surface area contributed by atoms with Crippen LogP contribution in [0.4, 0.5) is 4.79 Å². The smallest absolute Gasteiger partial charge is 0.315 e. The maximum atomic E-state index is 11.8. The highest BCUT2D eigenvalue weighted by atomic mass is 32.1. The Morgan fingerprint density at radius 1 is 1.68 bits per heavy atom. The Hall–Kier alpha value is -1.14. The first kappa shape index (κ1) is 14.3. The molecule has 1 aromatic rings. The van der Waals surface area contributed by atoms with Crippen LogP contribution in [0.3, 0.4) is 0 Å². The molecule has 0 aliphatic carbocycles. The minimum Gasteiger partial charge on any atom is -0.381 e. The molecular formula is C13H21N3O2S. The molecule has 0 unspecified atom stereocenters. The maximum absolute atomic E-state index is 11.8. The van der Waals surface area contributed by atoms with Gasteiger partial charge in [0.05, 0.1) is 23.4 Å². The van der Waals surface area contributed by atoms with Crippen molar-refractivity contribution in [3.63, 3.8) is 0 Å². The fourth-order valence-electron chi connectivity index (χ4n) is 1.99. The molecule has 19 heavy (non-hydrogen) atoms. The van der Waals surface area contributed by atoms with Crippen LogP contribution in [0.1, 0.15) is 37.0 Å². The number of aromatic nitrogens is 1. The quantitative estimate of drug-likeness (QED) is 0.870. The number of nitrogens with zero attached hydrogens (tertiary/aromatic N) is 1. The number of aryl methyl sites for hydroxylation is 1. The molecule has 5 nitrogen and oxygen atoms in total. The molecule has 0 bridgehead atoms. The minimum atomic E-state index is -0.134. The van der Waals surface area contributed by atoms with E-state index in [0.717, 1.165) is 36.8 Å². The van der Waals surface area contributed by atoms with Gasteiger partial charge < -0.3 is 15.4 Å². The highest BCUT2D eigenvalue weighted by Gasteiger charge is 2.17. The van der Waals surface area contributed by atoms with Crippen LogP contribution in [-0.2, 0) is 11.2 Å². The highest BCUT2D eigenvalue weighted by molar-refractivity contribution is 7.09. The zero-order chi connectivity index (χ0) is 13.7. The fourth-order valence-corrected chi connectivity index (χ4v) is 2.83. The highest BCUT2D eigenvalue weighted by Crippen LogP contribution is 2.16. The summed E-state index contributed by atoms with van der Waals surface area (Å²) in [6.07, 6.45) is 1.97. The van der Waals surface area contributed by atoms with E-state index in [4.69, 9.17) is 4.74 Å². The number of rotatable bonds is 5. The summed E-state index contributed by atoms with van der Waals surface area (Å²) in [5.41, 5.74) is 0.932. The second kappa shape index (κ2) is 6.86. The predicted octanol–water partition coefficient (Wildman–Crippen LogP) is 2.10. The lowest BCUT2D eigenvalue weighted by Gasteiger charge is -2.14. The minimum absolute atomic E-state index is 0.0589. The SMILES string of the molecule is CCc1nc([C@@H](C)NC(=O)NC[C@H]2CCOC2)cs1. The van der Waals surface area contributed by atoms with Crippen molar-refractivity contribution in [1.29, 1.82) is 0 Å². The number of nitrogens with one attached hydrogen (secondary N) is 2. The van der Waals surface area contributed by atoms with Crippen LogP contribution in [0.2, 0.25) is 0 Å². The van der Waals surface area contributed by atoms with Gasteiger partial charge in [-0.15, -0.1) is 11.3 Å². The molecule has 1 aromatic heterocycles. The Kier molecular flexibility index (Phi) is 5.15. The van der Waals surface area contributed by atoms with Crippen LogP contribution in [0.5, 0.6) is 0 Å². The van der Waals surface area contributed by atoms with Gasteiger partial charge in [0.2, 0.25) is 0 Å². The van der Waals surface area contributed by atoms with E-state index < -0.39 is 0 Å². The lowest BCUT2D eigenvalue weighted by atomic mass is 10.1. The van der Waals surface area contributed by atoms with Crippen LogP contribution in [0, 0.1) is 5.92 Å². The molecular weight excluding hydrogens is 262 g/mol. The summed E-state index contributed by atoms with van der Waals surface area (Å²) in [6, 6.07) is -0.193. The van der Waals surface area contributed by atoms with Gasteiger partial charge in [0.25, 0.3) is 0 Å². The summed E-state index contributed by atoms with van der Waals surface area (Å²) in [4.78, 5) is 16.2. The molecule has 0 radical (unpaired) electrons. The zero-order valence-electron chi connectivity index (χ0n) is 11.4. The first-order valence-corrected chi connectivity index (χ1v) is 7.63. The van der Waals surface area contributed by atoms with Crippen LogP contribution >= 0.6 is 11.3 Å². The lowest BCUT2D eigenvalue weighted by Crippen LogP contribution is -2.39. The molecule has 1 fully saturated rings. The Bertz CT molecular complexity index is 416. The van der Waals surface area contributed by atoms with E-state index in [1.807, 2.05) is 12.3 Å². The molecule has 0 aromatic carbocycles. The predicted molar refractivity (Wildman–Crippen MR) is 75.4 cm³/mol. The number of urea groups is 1. The first-order chi connectivity index (χ1) is 9.19. The van der Waals surface area contributed by atoms with E-state index in [0.29, 0.717) is 12.5 Å². The van der Waals surface area contributed by atoms with Crippen molar-refractivity contribution >= 4 is 17.4 Å². The summed E-state index contributed by atoms with van der Waals surface area (Å²) < 4.78 is 5.27. The average molecular weight is 283 g/mol. The molecule has 2 heterocycles. The van der Waals surface area contributed by atoms with Crippen molar-refractivity contribution in [3.05, 3.63) is 16.1 Å². The van der Waals surface area contributed by atoms with Gasteiger partial charge in [0.15, 0.2) is 0 Å². The molecule has 0 saturated carbocycles. The Morgan fingerprint density at radius 2 is 2.53 bits per heavy atom. The Balaban J connectivity index is 1.74. The third kappa shape index (κ3) is 4.18. The van der Waals surface area contributed by atoms with Crippen LogP contribution < -0.4 is 10.6 Å². The van der Waals surface area contributed by atoms with E-state index in [9.17, 15) is 4.79 Å². The van der Waals surface area contributed by atoms with Gasteiger partial charge in [0, 0.05) is 24.4 Å². The normalized spacial score (nSPS) is 20.2. The van der Waals surface area contributed by atoms with Crippen LogP contribution in [-0.4, -0.2) is 30.8 Å². The molecule has 1 saturated heterocycles. The molecule has 0 spiro atoms. The molecule has 2 N–H and O–H groups in total. The molecule has 2 amide bonds. The molecule has 106 valence electrons. The summed E-state index contributed by atoms with van der Waals surface area (Å²) in [5, 5.41) is 8.91. The van der Waals surface area contributed by atoms with E-state index in [2.05, 4.69) is 22.5 Å². The van der Waals surface area contributed by atoms with Gasteiger partial charge in [-0.2, -0.15) is 0 Å². The van der Waals surface area contributed by atoms with Crippen molar-refractivity contribution in [1.82, 2.24) is 15.6 Å². The third-order valence-corrected chi connectivity index (χ3v) is 4.25. The number of carbonyl (C=O) groups excluding carboxylic acids is 1. The number of hydrogen-bond donors (Lipinski definition) is 2. The van der Waals surface area contributed by atoms with Gasteiger partial charge in [0.1, 0.15) is 0 Å². The van der Waals surface area contributed by atoms with E-state index >= 15 is 0 Å². The van der Waals surface area contributed by atoms with Crippen molar-refractivity contribution in [2.75, 3.05) is 19.8 Å². The number of thiazole rings is 1. The topological polar surface area (TPSA) is 63.2 Å². The molecule has 2 atom stereocenters. The van der Waals surface area contributed by atoms with Gasteiger partial charge in [-0.05, 0) is 19.8 Å². The zero-order valence-corrected chi connectivity index (χ0v) is 12.3. The largest absolute Gasteiger partial charge is 0.381 e. The van der Waals surface area contributed by atoms with Crippen molar-refractivity contribution < 1.29 is 9.53 Å². The van der Waals surface area contributed by atoms with E-state index in [-0.39, 0.29) is 12.1 Å². The molecule has 2 rings (SSSR count). The van der Waals surface area contributed by atoms with Crippen molar-refractivity contribution in [2.45, 2.75) is 32.7 Å². The first-order valence-electron chi connectivity index (χ1n) is 6.75. The maximum Gasteiger partial charge on any atom is 0.315 e. The van der Waals surface area contributed by atoms with Gasteiger partial charge in [-0.3, -0.25) is 0 Å². The molecule has 1 aliphatic rings. The van der Waals surface area contributed by atoms with Gasteiger partial charge >= 0.3 is 6.03 Å². The number of amides is 2. The van der Waals surface area contributed by atoms with Gasteiger partial charge in [-0.1, -0.05) is 6.92 Å². The molecule has 6 heteroatoms. The number of ether oxygens (including phenoxy) is 1. The Labute approximate surface area is 117 Å². The summed E-state index contributed by atoms with van der Waals surface area (Å²) in [5.74, 6) is 0.451. The van der Waals surface area contributed by atoms with Crippen molar-refractivity contribution in [3.8, 4) is 0 Å². The standard InChI is InChI=1S/C13H21N3O2S/c1-3-12-16-11(8-19-12)9(2)15-13(17)14-6-10-4-5-18-7-10/h8-10H,3-7H2,1-2H3,(H2,14,15,17)/t9-,10-/m1/s1. The van der Waals surface area contributed by atoms with Gasteiger partial charge in [-0.25, -0.2) is 9.78 Å². The van der Waals surface area contributed by atoms with E-state index in [1.54, 1.807) is 11.3 Å². The average Bonchev–Trinajstić information content (AvgIpc) is 3.07. The second-order valence-electron chi connectivity index (χ2n) is 4.83. The van der Waals surface area contributed by atoms with Crippen LogP contribution in [0.15, 0.2) is 5.38 Å². The monoisotopic (exact) mass is 283 g/mol. The third-order valence-electron chi connectivity index (χ3n) is 3.24. The van der Waals surface area contributed by atoms with Crippen LogP contribution in [0.25, 0.3) is 0 Å². The second-order valence-corrected chi connectivity index (χ2v) is 5.77. The number of hydrogen-bond acceptors (Lipinski definition) is 4. The van der Waals surface area contributed by atoms with E-state index in [1.165, 1.54) is 0 Å². The summed E-state index contributed by atoms with van der Waals surface area (Å²) in [6.45, 7) is 6.27. The fraction of sp³-hybridized carbons (Fsp3) is 0.692. The molecule has 1 aliphatic heterocycles. The van der Waals surface area contributed by atoms with Crippen molar-refractivity contribution in [2.24, 2.45) is 5.92 Å². The summed E-state index contributed by atoms with van der Waals surface area (Å²) >= 11 is 1.64. The number of carbonyl (C=O) groups is 1. The summed E-state index contributed by atoms with van der Waals surface area (Å²) in [7, 11) is 0. The lowest BCUT2D eigenvalue weighted by molar-refractivity contribution is 0.185.